The second kappa shape index (κ2) is 5.49. The van der Waals surface area contributed by atoms with Crippen molar-refractivity contribution in [1.82, 2.24) is 14.5 Å². The third kappa shape index (κ3) is 2.65. The predicted molar refractivity (Wildman–Crippen MR) is 88.9 cm³/mol. The summed E-state index contributed by atoms with van der Waals surface area (Å²) in [6.07, 6.45) is 5.54. The summed E-state index contributed by atoms with van der Waals surface area (Å²) in [6, 6.07) is 10.0. The summed E-state index contributed by atoms with van der Waals surface area (Å²) in [5, 5.41) is 0. The molecular weight excluding hydrogens is 288 g/mol. The molecule has 4 rings (SSSR count). The van der Waals surface area contributed by atoms with Gasteiger partial charge in [-0.05, 0) is 25.1 Å². The molecule has 0 N–H and O–H groups in total. The largest absolute Gasteiger partial charge is 0.337 e. The Labute approximate surface area is 136 Å². The van der Waals surface area contributed by atoms with Gasteiger partial charge >= 0.3 is 0 Å². The van der Waals surface area contributed by atoms with Crippen molar-refractivity contribution in [3.05, 3.63) is 48.5 Å². The van der Waals surface area contributed by atoms with Crippen LogP contribution in [0.4, 0.5) is 5.69 Å². The van der Waals surface area contributed by atoms with E-state index < -0.39 is 0 Å². The fraction of sp³-hybridized carbons (Fsp3) is 0.444. The lowest BCUT2D eigenvalue weighted by Gasteiger charge is -2.24. The smallest absolute Gasteiger partial charge is 0.227 e. The lowest BCUT2D eigenvalue weighted by molar-refractivity contribution is -0.117. The van der Waals surface area contributed by atoms with E-state index in [-0.39, 0.29) is 11.3 Å². The average Bonchev–Trinajstić information content (AvgIpc) is 3.22. The Morgan fingerprint density at radius 2 is 2.04 bits per heavy atom. The number of anilines is 1. The summed E-state index contributed by atoms with van der Waals surface area (Å²) in [6.45, 7) is 3.81. The third-order valence-electron chi connectivity index (χ3n) is 5.21. The fourth-order valence-corrected chi connectivity index (χ4v) is 3.94. The van der Waals surface area contributed by atoms with Gasteiger partial charge in [0.05, 0.1) is 12.0 Å². The van der Waals surface area contributed by atoms with Crippen LogP contribution in [0.15, 0.2) is 42.9 Å². The maximum absolute atomic E-state index is 12.5. The first-order valence-corrected chi connectivity index (χ1v) is 8.18. The molecule has 120 valence electrons. The second-order valence-corrected chi connectivity index (χ2v) is 6.95. The highest BCUT2D eigenvalue weighted by Crippen LogP contribution is 2.42. The lowest BCUT2D eigenvalue weighted by atomic mass is 9.86. The molecule has 2 aromatic rings. The van der Waals surface area contributed by atoms with E-state index in [9.17, 15) is 4.79 Å². The highest BCUT2D eigenvalue weighted by atomic mass is 16.2. The van der Waals surface area contributed by atoms with Crippen molar-refractivity contribution < 1.29 is 4.79 Å². The first kappa shape index (κ1) is 14.5. The zero-order chi connectivity index (χ0) is 15.9. The number of rotatable bonds is 3. The number of hydrogen-bond acceptors (Lipinski definition) is 3. The maximum Gasteiger partial charge on any atom is 0.227 e. The quantitative estimate of drug-likeness (QED) is 0.871. The molecule has 1 atom stereocenters. The number of nitrogens with zero attached hydrogens (tertiary/aromatic N) is 4. The Balaban J connectivity index is 1.46. The van der Waals surface area contributed by atoms with Crippen LogP contribution in [0.3, 0.4) is 0 Å². The molecule has 1 amide bonds. The Bertz CT molecular complexity index is 711. The third-order valence-corrected chi connectivity index (χ3v) is 5.21. The Morgan fingerprint density at radius 1 is 1.22 bits per heavy atom. The summed E-state index contributed by atoms with van der Waals surface area (Å²) in [5.74, 6) is 0.263. The van der Waals surface area contributed by atoms with Crippen molar-refractivity contribution in [3.8, 4) is 0 Å². The second-order valence-electron chi connectivity index (χ2n) is 6.95. The number of amides is 1. The zero-order valence-corrected chi connectivity index (χ0v) is 13.5. The number of benzene rings is 1. The Kier molecular flexibility index (Phi) is 3.45. The van der Waals surface area contributed by atoms with Crippen LogP contribution in [-0.2, 0) is 18.4 Å². The van der Waals surface area contributed by atoms with Crippen molar-refractivity contribution >= 4 is 11.6 Å². The van der Waals surface area contributed by atoms with Gasteiger partial charge in [0.15, 0.2) is 0 Å². The number of hydrogen-bond donors (Lipinski definition) is 0. The van der Waals surface area contributed by atoms with Crippen molar-refractivity contribution in [3.63, 3.8) is 0 Å². The Morgan fingerprint density at radius 3 is 2.78 bits per heavy atom. The summed E-state index contributed by atoms with van der Waals surface area (Å²) in [5.41, 5.74) is 2.37. The van der Waals surface area contributed by atoms with Gasteiger partial charge in [-0.3, -0.25) is 9.69 Å². The Hall–Kier alpha value is -2.14. The van der Waals surface area contributed by atoms with Gasteiger partial charge in [-0.15, -0.1) is 0 Å². The minimum absolute atomic E-state index is 0.117. The van der Waals surface area contributed by atoms with Crippen molar-refractivity contribution in [2.75, 3.05) is 24.5 Å². The molecule has 1 spiro atoms. The van der Waals surface area contributed by atoms with E-state index in [0.717, 1.165) is 38.3 Å². The highest BCUT2D eigenvalue weighted by Gasteiger charge is 2.47. The van der Waals surface area contributed by atoms with Gasteiger partial charge in [0.2, 0.25) is 5.91 Å². The van der Waals surface area contributed by atoms with Crippen LogP contribution >= 0.6 is 0 Å². The summed E-state index contributed by atoms with van der Waals surface area (Å²) in [4.78, 5) is 21.1. The van der Waals surface area contributed by atoms with Crippen LogP contribution in [0.5, 0.6) is 0 Å². The number of imidazole rings is 1. The maximum atomic E-state index is 12.5. The van der Waals surface area contributed by atoms with Gasteiger partial charge in [-0.2, -0.15) is 0 Å². The molecule has 5 nitrogen and oxygen atoms in total. The first-order chi connectivity index (χ1) is 11.2. The molecule has 1 aromatic heterocycles. The number of likely N-dealkylation sites (tertiary alicyclic amines) is 1. The molecule has 3 heterocycles. The average molecular weight is 310 g/mol. The number of aryl methyl sites for hydroxylation is 1. The fourth-order valence-electron chi connectivity index (χ4n) is 3.94. The number of aromatic nitrogens is 2. The van der Waals surface area contributed by atoms with Crippen LogP contribution in [0.25, 0.3) is 0 Å². The van der Waals surface area contributed by atoms with Crippen LogP contribution in [0.1, 0.15) is 18.5 Å². The molecule has 1 aromatic carbocycles. The van der Waals surface area contributed by atoms with Gasteiger partial charge in [0.1, 0.15) is 0 Å². The topological polar surface area (TPSA) is 41.4 Å². The van der Waals surface area contributed by atoms with E-state index in [4.69, 9.17) is 0 Å². The van der Waals surface area contributed by atoms with E-state index in [1.165, 1.54) is 5.69 Å². The van der Waals surface area contributed by atoms with Crippen molar-refractivity contribution in [1.29, 1.82) is 0 Å². The normalized spacial score (nSPS) is 24.9. The predicted octanol–water partition coefficient (Wildman–Crippen LogP) is 2.05. The molecule has 0 saturated carbocycles. The molecule has 5 heteroatoms. The minimum atomic E-state index is 0.117. The molecule has 0 aliphatic carbocycles. The lowest BCUT2D eigenvalue weighted by Crippen LogP contribution is -2.31. The zero-order valence-electron chi connectivity index (χ0n) is 13.5. The van der Waals surface area contributed by atoms with Crippen LogP contribution in [0.2, 0.25) is 0 Å². The summed E-state index contributed by atoms with van der Waals surface area (Å²) < 4.78 is 2.07. The highest BCUT2D eigenvalue weighted by molar-refractivity contribution is 5.96. The van der Waals surface area contributed by atoms with E-state index in [1.54, 1.807) is 0 Å². The van der Waals surface area contributed by atoms with E-state index >= 15 is 0 Å². The molecular formula is C18H22N4O. The van der Waals surface area contributed by atoms with Gasteiger partial charge in [-0.25, -0.2) is 4.98 Å². The van der Waals surface area contributed by atoms with E-state index in [0.29, 0.717) is 6.42 Å². The van der Waals surface area contributed by atoms with Gasteiger partial charge in [0.25, 0.3) is 0 Å². The molecule has 0 bridgehead atoms. The van der Waals surface area contributed by atoms with Gasteiger partial charge < -0.3 is 9.47 Å². The molecule has 1 unspecified atom stereocenters. The summed E-state index contributed by atoms with van der Waals surface area (Å²) >= 11 is 0. The van der Waals surface area contributed by atoms with E-state index in [2.05, 4.69) is 14.5 Å². The van der Waals surface area contributed by atoms with Gasteiger partial charge in [0, 0.05) is 50.4 Å². The molecule has 0 radical (unpaired) electrons. The van der Waals surface area contributed by atoms with Gasteiger partial charge in [-0.1, -0.05) is 18.2 Å². The molecule has 23 heavy (non-hydrogen) atoms. The van der Waals surface area contributed by atoms with Crippen LogP contribution in [0, 0.1) is 5.41 Å². The summed E-state index contributed by atoms with van der Waals surface area (Å²) in [7, 11) is 2.03. The number of para-hydroxylation sites is 1. The number of carbonyl (C=O) groups excluding carboxylic acids is 1. The van der Waals surface area contributed by atoms with E-state index in [1.807, 2.05) is 54.8 Å². The van der Waals surface area contributed by atoms with Crippen molar-refractivity contribution in [2.45, 2.75) is 19.4 Å². The molecule has 2 aliphatic heterocycles. The SMILES string of the molecule is Cn1cncc1CN1CCC2(CC(=O)N(c3ccccc3)C2)C1. The van der Waals surface area contributed by atoms with Crippen molar-refractivity contribution in [2.24, 2.45) is 12.5 Å². The minimum Gasteiger partial charge on any atom is -0.337 e. The van der Waals surface area contributed by atoms with Crippen LogP contribution in [-0.4, -0.2) is 40.0 Å². The first-order valence-electron chi connectivity index (χ1n) is 8.18. The monoisotopic (exact) mass is 310 g/mol. The number of carbonyl (C=O) groups is 1. The van der Waals surface area contributed by atoms with Crippen LogP contribution < -0.4 is 4.90 Å². The standard InChI is InChI=1S/C18H22N4O/c1-20-14-19-10-16(20)11-21-8-7-18(12-21)9-17(23)22(13-18)15-5-3-2-4-6-15/h2-6,10,14H,7-9,11-13H2,1H3. The molecule has 2 fully saturated rings. The molecule has 2 aliphatic rings. The molecule has 2 saturated heterocycles.